The summed E-state index contributed by atoms with van der Waals surface area (Å²) >= 11 is 0. The molecule has 6 heteroatoms. The van der Waals surface area contributed by atoms with E-state index in [0.29, 0.717) is 6.42 Å². The summed E-state index contributed by atoms with van der Waals surface area (Å²) < 4.78 is 10.8. The van der Waals surface area contributed by atoms with E-state index in [-0.39, 0.29) is 5.91 Å². The third-order valence-electron chi connectivity index (χ3n) is 6.67. The number of nitrogens with zero attached hydrogens (tertiary/aromatic N) is 2. The summed E-state index contributed by atoms with van der Waals surface area (Å²) in [4.78, 5) is 19.1. The smallest absolute Gasteiger partial charge is 0.224 e. The van der Waals surface area contributed by atoms with Crippen LogP contribution in [0.3, 0.4) is 0 Å². The second-order valence-corrected chi connectivity index (χ2v) is 8.72. The maximum absolute atomic E-state index is 12.6. The van der Waals surface area contributed by atoms with Gasteiger partial charge in [0.25, 0.3) is 0 Å². The second kappa shape index (κ2) is 10.0. The molecule has 0 bridgehead atoms. The van der Waals surface area contributed by atoms with Crippen molar-refractivity contribution in [3.05, 3.63) is 78.1 Å². The minimum atomic E-state index is -0.523. The average Bonchev–Trinajstić information content (AvgIpc) is 2.86. The van der Waals surface area contributed by atoms with Gasteiger partial charge in [0.05, 0.1) is 19.6 Å². The van der Waals surface area contributed by atoms with E-state index in [1.54, 1.807) is 26.6 Å². The lowest BCUT2D eigenvalue weighted by atomic mass is 9.73. The highest BCUT2D eigenvalue weighted by atomic mass is 16.5. The van der Waals surface area contributed by atoms with Crippen LogP contribution < -0.4 is 15.2 Å². The first-order valence-corrected chi connectivity index (χ1v) is 11.3. The number of benzene rings is 2. The molecule has 2 heterocycles. The minimum absolute atomic E-state index is 0.206. The molecule has 6 nitrogen and oxygen atoms in total. The number of likely N-dealkylation sites (tertiary alicyclic amines) is 1. The van der Waals surface area contributed by atoms with E-state index in [9.17, 15) is 4.79 Å². The van der Waals surface area contributed by atoms with Crippen LogP contribution in [0.25, 0.3) is 11.1 Å². The van der Waals surface area contributed by atoms with Crippen LogP contribution in [0.1, 0.15) is 24.0 Å². The van der Waals surface area contributed by atoms with E-state index in [0.717, 1.165) is 66.2 Å². The molecule has 0 spiro atoms. The van der Waals surface area contributed by atoms with Crippen molar-refractivity contribution >= 4 is 5.91 Å². The van der Waals surface area contributed by atoms with Gasteiger partial charge in [0.2, 0.25) is 5.91 Å². The molecule has 1 amide bonds. The molecule has 0 unspecified atom stereocenters. The standard InChI is InChI=1S/C27H31N3O3/c1-32-24-7-6-21(17-25(24)33-2)19-30-14-10-27(11-15-30,26(28)31)18-20-4-3-5-23(16-20)22-8-12-29-13-9-22/h3-9,12-13,16-17H,10-11,14-15,18-19H2,1-2H3,(H2,28,31). The third-order valence-corrected chi connectivity index (χ3v) is 6.67. The Hall–Kier alpha value is -3.38. The van der Waals surface area contributed by atoms with Crippen molar-refractivity contribution in [1.29, 1.82) is 0 Å². The van der Waals surface area contributed by atoms with Crippen LogP contribution in [0.5, 0.6) is 11.5 Å². The number of carbonyl (C=O) groups excluding carboxylic acids is 1. The van der Waals surface area contributed by atoms with Gasteiger partial charge in [0.15, 0.2) is 11.5 Å². The van der Waals surface area contributed by atoms with Crippen LogP contribution in [0.15, 0.2) is 67.0 Å². The number of methoxy groups -OCH3 is 2. The number of hydrogen-bond acceptors (Lipinski definition) is 5. The number of aromatic nitrogens is 1. The predicted octanol–water partition coefficient (Wildman–Crippen LogP) is 4.08. The lowest BCUT2D eigenvalue weighted by Crippen LogP contribution is -2.48. The summed E-state index contributed by atoms with van der Waals surface area (Å²) in [5.74, 6) is 1.25. The molecule has 0 aliphatic carbocycles. The summed E-state index contributed by atoms with van der Waals surface area (Å²) in [6.45, 7) is 2.44. The zero-order chi connectivity index (χ0) is 23.3. The molecule has 3 aromatic rings. The molecule has 1 aromatic heterocycles. The van der Waals surface area contributed by atoms with E-state index >= 15 is 0 Å². The Morgan fingerprint density at radius 1 is 0.939 bits per heavy atom. The monoisotopic (exact) mass is 445 g/mol. The lowest BCUT2D eigenvalue weighted by molar-refractivity contribution is -0.130. The Kier molecular flexibility index (Phi) is 6.94. The number of carbonyl (C=O) groups is 1. The highest BCUT2D eigenvalue weighted by molar-refractivity contribution is 5.81. The Morgan fingerprint density at radius 3 is 2.33 bits per heavy atom. The highest BCUT2D eigenvalue weighted by Gasteiger charge is 2.40. The molecule has 1 saturated heterocycles. The van der Waals surface area contributed by atoms with Crippen molar-refractivity contribution in [3.63, 3.8) is 0 Å². The first kappa shape index (κ1) is 22.8. The SMILES string of the molecule is COc1ccc(CN2CCC(Cc3cccc(-c4ccncc4)c3)(C(N)=O)CC2)cc1OC. The van der Waals surface area contributed by atoms with Crippen molar-refractivity contribution in [2.75, 3.05) is 27.3 Å². The molecule has 33 heavy (non-hydrogen) atoms. The molecular formula is C27H31N3O3. The molecule has 4 rings (SSSR count). The van der Waals surface area contributed by atoms with E-state index < -0.39 is 5.41 Å². The summed E-state index contributed by atoms with van der Waals surface area (Å²) in [7, 11) is 3.28. The second-order valence-electron chi connectivity index (χ2n) is 8.72. The fourth-order valence-corrected chi connectivity index (χ4v) is 4.68. The highest BCUT2D eigenvalue weighted by Crippen LogP contribution is 2.37. The van der Waals surface area contributed by atoms with Crippen molar-refractivity contribution < 1.29 is 14.3 Å². The first-order valence-electron chi connectivity index (χ1n) is 11.3. The van der Waals surface area contributed by atoms with Gasteiger partial charge < -0.3 is 15.2 Å². The van der Waals surface area contributed by atoms with E-state index in [1.165, 1.54) is 0 Å². The molecular weight excluding hydrogens is 414 g/mol. The lowest BCUT2D eigenvalue weighted by Gasteiger charge is -2.40. The molecule has 0 radical (unpaired) electrons. The fourth-order valence-electron chi connectivity index (χ4n) is 4.68. The summed E-state index contributed by atoms with van der Waals surface area (Å²) in [6.07, 6.45) is 5.73. The molecule has 2 aromatic carbocycles. The summed E-state index contributed by atoms with van der Waals surface area (Å²) in [5.41, 5.74) is 9.98. The summed E-state index contributed by atoms with van der Waals surface area (Å²) in [5, 5.41) is 0. The number of ether oxygens (including phenoxy) is 2. The average molecular weight is 446 g/mol. The molecule has 2 N–H and O–H groups in total. The molecule has 172 valence electrons. The third kappa shape index (κ3) is 5.17. The molecule has 1 fully saturated rings. The normalized spacial score (nSPS) is 15.7. The van der Waals surface area contributed by atoms with Gasteiger partial charge in [-0.05, 0) is 78.9 Å². The van der Waals surface area contributed by atoms with Crippen LogP contribution in [0, 0.1) is 5.41 Å². The molecule has 0 atom stereocenters. The number of piperidine rings is 1. The Labute approximate surface area is 195 Å². The van der Waals surface area contributed by atoms with Gasteiger partial charge in [-0.1, -0.05) is 30.3 Å². The van der Waals surface area contributed by atoms with Crippen molar-refractivity contribution in [2.24, 2.45) is 11.1 Å². The van der Waals surface area contributed by atoms with Crippen molar-refractivity contribution in [2.45, 2.75) is 25.8 Å². The van der Waals surface area contributed by atoms with Gasteiger partial charge in [-0.3, -0.25) is 14.7 Å². The molecule has 0 saturated carbocycles. The quantitative estimate of drug-likeness (QED) is 0.565. The minimum Gasteiger partial charge on any atom is -0.493 e. The number of hydrogen-bond donors (Lipinski definition) is 1. The zero-order valence-corrected chi connectivity index (χ0v) is 19.3. The maximum Gasteiger partial charge on any atom is 0.224 e. The van der Waals surface area contributed by atoms with E-state index in [2.05, 4.69) is 34.1 Å². The fraction of sp³-hybridized carbons (Fsp3) is 0.333. The van der Waals surface area contributed by atoms with Crippen molar-refractivity contribution in [1.82, 2.24) is 9.88 Å². The number of primary amides is 1. The van der Waals surface area contributed by atoms with Gasteiger partial charge in [0, 0.05) is 18.9 Å². The maximum atomic E-state index is 12.6. The van der Waals surface area contributed by atoms with Crippen molar-refractivity contribution in [3.8, 4) is 22.6 Å². The van der Waals surface area contributed by atoms with Gasteiger partial charge >= 0.3 is 0 Å². The van der Waals surface area contributed by atoms with Gasteiger partial charge in [-0.15, -0.1) is 0 Å². The zero-order valence-electron chi connectivity index (χ0n) is 19.3. The van der Waals surface area contributed by atoms with E-state index in [4.69, 9.17) is 15.2 Å². The Balaban J connectivity index is 1.45. The van der Waals surface area contributed by atoms with Crippen LogP contribution in [0.2, 0.25) is 0 Å². The van der Waals surface area contributed by atoms with Crippen LogP contribution in [0.4, 0.5) is 0 Å². The largest absolute Gasteiger partial charge is 0.493 e. The van der Waals surface area contributed by atoms with Crippen LogP contribution in [-0.4, -0.2) is 43.1 Å². The van der Waals surface area contributed by atoms with Gasteiger partial charge in [-0.2, -0.15) is 0 Å². The molecule has 1 aliphatic heterocycles. The first-order chi connectivity index (χ1) is 16.0. The topological polar surface area (TPSA) is 77.7 Å². The Bertz CT molecular complexity index is 1090. The molecule has 1 aliphatic rings. The summed E-state index contributed by atoms with van der Waals surface area (Å²) in [6, 6.07) is 18.4. The number of rotatable bonds is 8. The number of amides is 1. The van der Waals surface area contributed by atoms with E-state index in [1.807, 2.05) is 30.3 Å². The number of nitrogens with two attached hydrogens (primary N) is 1. The van der Waals surface area contributed by atoms with Crippen LogP contribution in [-0.2, 0) is 17.8 Å². The Morgan fingerprint density at radius 2 is 1.67 bits per heavy atom. The number of pyridine rings is 1. The predicted molar refractivity (Wildman–Crippen MR) is 129 cm³/mol. The van der Waals surface area contributed by atoms with Crippen LogP contribution >= 0.6 is 0 Å². The van der Waals surface area contributed by atoms with Gasteiger partial charge in [0.1, 0.15) is 0 Å². The van der Waals surface area contributed by atoms with Gasteiger partial charge in [-0.25, -0.2) is 0 Å².